The number of aromatic carboxylic acids is 1. The zero-order chi connectivity index (χ0) is 15.8. The van der Waals surface area contributed by atoms with E-state index >= 15 is 0 Å². The van der Waals surface area contributed by atoms with Crippen molar-refractivity contribution in [3.63, 3.8) is 0 Å². The fourth-order valence-electron chi connectivity index (χ4n) is 2.60. The average molecular weight is 420 g/mol. The quantitative estimate of drug-likeness (QED) is 0.700. The predicted molar refractivity (Wildman–Crippen MR) is 87.4 cm³/mol. The molecule has 0 heterocycles. The van der Waals surface area contributed by atoms with E-state index in [2.05, 4.69) is 37.2 Å². The van der Waals surface area contributed by atoms with Crippen LogP contribution >= 0.6 is 31.9 Å². The van der Waals surface area contributed by atoms with E-state index in [1.807, 2.05) is 6.92 Å². The number of rotatable bonds is 3. The summed E-state index contributed by atoms with van der Waals surface area (Å²) in [6.45, 7) is 1.83. The van der Waals surface area contributed by atoms with Crippen molar-refractivity contribution in [2.75, 3.05) is 5.32 Å². The molecule has 2 atom stereocenters. The van der Waals surface area contributed by atoms with Crippen LogP contribution in [0.2, 0.25) is 0 Å². The van der Waals surface area contributed by atoms with Gasteiger partial charge >= 0.3 is 5.97 Å². The number of carbonyl (C=O) groups is 2. The monoisotopic (exact) mass is 418 g/mol. The number of nitrogens with two attached hydrogens (primary N) is 1. The molecule has 0 spiro atoms. The second-order valence-electron chi connectivity index (χ2n) is 5.49. The van der Waals surface area contributed by atoms with Gasteiger partial charge in [-0.05, 0) is 47.8 Å². The summed E-state index contributed by atoms with van der Waals surface area (Å²) in [5, 5.41) is 12.0. The van der Waals surface area contributed by atoms with Gasteiger partial charge in [-0.15, -0.1) is 0 Å². The van der Waals surface area contributed by atoms with Crippen molar-refractivity contribution < 1.29 is 14.7 Å². The smallest absolute Gasteiger partial charge is 0.337 e. The van der Waals surface area contributed by atoms with Gasteiger partial charge in [0.2, 0.25) is 5.91 Å². The molecule has 0 saturated heterocycles. The van der Waals surface area contributed by atoms with Crippen LogP contribution in [-0.4, -0.2) is 23.0 Å². The minimum Gasteiger partial charge on any atom is -0.478 e. The fraction of sp³-hybridized carbons (Fsp3) is 0.429. The first-order valence-electron chi connectivity index (χ1n) is 6.55. The Morgan fingerprint density at radius 1 is 1.43 bits per heavy atom. The van der Waals surface area contributed by atoms with Crippen LogP contribution in [0.1, 0.15) is 36.5 Å². The van der Waals surface area contributed by atoms with E-state index in [4.69, 9.17) is 5.73 Å². The van der Waals surface area contributed by atoms with Gasteiger partial charge in [-0.3, -0.25) is 4.79 Å². The molecule has 2 unspecified atom stereocenters. The molecule has 114 valence electrons. The largest absolute Gasteiger partial charge is 0.478 e. The molecule has 0 aliphatic heterocycles. The summed E-state index contributed by atoms with van der Waals surface area (Å²) in [5.41, 5.74) is 5.65. The summed E-state index contributed by atoms with van der Waals surface area (Å²) in [7, 11) is 0. The van der Waals surface area contributed by atoms with Crippen LogP contribution in [0.5, 0.6) is 0 Å². The highest BCUT2D eigenvalue weighted by Crippen LogP contribution is 2.39. The van der Waals surface area contributed by atoms with Crippen LogP contribution in [0, 0.1) is 5.41 Å². The molecule has 5 nitrogen and oxygen atoms in total. The van der Waals surface area contributed by atoms with Crippen LogP contribution in [0.15, 0.2) is 21.1 Å². The minimum atomic E-state index is -1.10. The molecular formula is C14H16Br2N2O3. The number of halogens is 2. The molecule has 1 aliphatic carbocycles. The molecule has 0 radical (unpaired) electrons. The van der Waals surface area contributed by atoms with Crippen LogP contribution < -0.4 is 11.1 Å². The number of carboxylic acid groups (broad SMARTS) is 1. The number of benzene rings is 1. The van der Waals surface area contributed by atoms with Gasteiger partial charge in [-0.25, -0.2) is 4.79 Å². The van der Waals surface area contributed by atoms with E-state index in [0.29, 0.717) is 15.4 Å². The van der Waals surface area contributed by atoms with Crippen molar-refractivity contribution >= 4 is 49.4 Å². The van der Waals surface area contributed by atoms with E-state index in [9.17, 15) is 14.7 Å². The van der Waals surface area contributed by atoms with E-state index in [-0.39, 0.29) is 23.2 Å². The number of carboxylic acids is 1. The molecule has 1 saturated carbocycles. The second kappa shape index (κ2) is 6.06. The first-order chi connectivity index (χ1) is 9.75. The lowest BCUT2D eigenvalue weighted by atomic mass is 9.84. The number of amides is 1. The third-order valence-corrected chi connectivity index (χ3v) is 5.16. The summed E-state index contributed by atoms with van der Waals surface area (Å²) in [6.07, 6.45) is 2.41. The third-order valence-electron chi connectivity index (χ3n) is 4.07. The Hall–Kier alpha value is -0.920. The zero-order valence-electron chi connectivity index (χ0n) is 11.5. The Bertz CT molecular complexity index is 606. The fourth-order valence-corrected chi connectivity index (χ4v) is 3.93. The Balaban J connectivity index is 2.36. The highest BCUT2D eigenvalue weighted by atomic mass is 79.9. The Morgan fingerprint density at radius 3 is 2.62 bits per heavy atom. The van der Waals surface area contributed by atoms with Gasteiger partial charge in [0.25, 0.3) is 0 Å². The molecule has 7 heteroatoms. The zero-order valence-corrected chi connectivity index (χ0v) is 14.6. The van der Waals surface area contributed by atoms with E-state index in [1.54, 1.807) is 6.07 Å². The van der Waals surface area contributed by atoms with Crippen molar-refractivity contribution in [2.45, 2.75) is 32.2 Å². The third kappa shape index (κ3) is 3.14. The van der Waals surface area contributed by atoms with Gasteiger partial charge < -0.3 is 16.2 Å². The van der Waals surface area contributed by atoms with Gasteiger partial charge in [0.05, 0.1) is 16.7 Å². The summed E-state index contributed by atoms with van der Waals surface area (Å²) >= 11 is 6.54. The molecule has 1 aromatic carbocycles. The Labute approximate surface area is 139 Å². The molecule has 0 aromatic heterocycles. The average Bonchev–Trinajstić information content (AvgIpc) is 2.73. The van der Waals surface area contributed by atoms with E-state index in [0.717, 1.165) is 12.8 Å². The predicted octanol–water partition coefficient (Wildman–Crippen LogP) is 3.37. The minimum absolute atomic E-state index is 0.0276. The van der Waals surface area contributed by atoms with Crippen LogP contribution in [0.25, 0.3) is 0 Å². The lowest BCUT2D eigenvalue weighted by Gasteiger charge is -2.28. The van der Waals surface area contributed by atoms with Gasteiger partial charge in [0.1, 0.15) is 0 Å². The standard InChI is InChI=1S/C14H16Br2N2O3/c1-14(4-2-3-10(14)17)13(21)18-11-8(12(19)20)5-7(15)6-9(11)16/h5-6,10H,2-4,17H2,1H3,(H,18,21)(H,19,20). The van der Waals surface area contributed by atoms with Crippen LogP contribution in [-0.2, 0) is 4.79 Å². The maximum atomic E-state index is 12.5. The number of carbonyl (C=O) groups excluding carboxylic acids is 1. The first kappa shape index (κ1) is 16.5. The SMILES string of the molecule is CC1(C(=O)Nc2c(Br)cc(Br)cc2C(=O)O)CCCC1N. The summed E-state index contributed by atoms with van der Waals surface area (Å²) in [4.78, 5) is 23.9. The van der Waals surface area contributed by atoms with Crippen molar-refractivity contribution in [1.29, 1.82) is 0 Å². The van der Waals surface area contributed by atoms with Crippen LogP contribution in [0.4, 0.5) is 5.69 Å². The number of anilines is 1. The number of hydrogen-bond donors (Lipinski definition) is 3. The van der Waals surface area contributed by atoms with Crippen LogP contribution in [0.3, 0.4) is 0 Å². The number of hydrogen-bond acceptors (Lipinski definition) is 3. The molecule has 1 aromatic rings. The van der Waals surface area contributed by atoms with Crippen molar-refractivity contribution in [3.05, 3.63) is 26.6 Å². The van der Waals surface area contributed by atoms with Gasteiger partial charge in [-0.2, -0.15) is 0 Å². The van der Waals surface area contributed by atoms with Crippen molar-refractivity contribution in [1.82, 2.24) is 0 Å². The molecule has 2 rings (SSSR count). The molecule has 4 N–H and O–H groups in total. The summed E-state index contributed by atoms with van der Waals surface area (Å²) < 4.78 is 1.13. The molecule has 21 heavy (non-hydrogen) atoms. The topological polar surface area (TPSA) is 92.4 Å². The lowest BCUT2D eigenvalue weighted by molar-refractivity contribution is -0.125. The van der Waals surface area contributed by atoms with Crippen molar-refractivity contribution in [2.24, 2.45) is 11.1 Å². The molecule has 1 amide bonds. The Kier molecular flexibility index (Phi) is 4.75. The van der Waals surface area contributed by atoms with Gasteiger partial charge in [0, 0.05) is 15.0 Å². The molecule has 1 fully saturated rings. The lowest BCUT2D eigenvalue weighted by Crippen LogP contribution is -2.44. The highest BCUT2D eigenvalue weighted by Gasteiger charge is 2.43. The molecular weight excluding hydrogens is 404 g/mol. The highest BCUT2D eigenvalue weighted by molar-refractivity contribution is 9.11. The number of nitrogens with one attached hydrogen (secondary N) is 1. The maximum Gasteiger partial charge on any atom is 0.337 e. The maximum absolute atomic E-state index is 12.5. The Morgan fingerprint density at radius 2 is 2.10 bits per heavy atom. The van der Waals surface area contributed by atoms with E-state index < -0.39 is 11.4 Å². The molecule has 1 aliphatic rings. The van der Waals surface area contributed by atoms with Gasteiger partial charge in [0.15, 0.2) is 0 Å². The summed E-state index contributed by atoms with van der Waals surface area (Å²) in [6, 6.07) is 2.94. The van der Waals surface area contributed by atoms with Crippen molar-refractivity contribution in [3.8, 4) is 0 Å². The van der Waals surface area contributed by atoms with Gasteiger partial charge in [-0.1, -0.05) is 22.4 Å². The molecule has 0 bridgehead atoms. The first-order valence-corrected chi connectivity index (χ1v) is 8.13. The summed E-state index contributed by atoms with van der Waals surface area (Å²) in [5.74, 6) is -1.34. The normalized spacial score (nSPS) is 24.9. The van der Waals surface area contributed by atoms with E-state index in [1.165, 1.54) is 6.07 Å². The second-order valence-corrected chi connectivity index (χ2v) is 7.26.